The van der Waals surface area contributed by atoms with Gasteiger partial charge in [0, 0.05) is 24.2 Å². The predicted molar refractivity (Wildman–Crippen MR) is 113 cm³/mol. The van der Waals surface area contributed by atoms with Gasteiger partial charge in [-0.2, -0.15) is 0 Å². The molecule has 31 heavy (non-hydrogen) atoms. The Balaban J connectivity index is 1.38. The minimum atomic E-state index is -0.742. The van der Waals surface area contributed by atoms with Crippen LogP contribution in [0.5, 0.6) is 11.5 Å². The van der Waals surface area contributed by atoms with Gasteiger partial charge in [0.25, 0.3) is 11.8 Å². The van der Waals surface area contributed by atoms with Crippen molar-refractivity contribution >= 4 is 17.8 Å². The van der Waals surface area contributed by atoms with E-state index in [9.17, 15) is 19.5 Å². The fraction of sp³-hybridized carbons (Fsp3) is 0.348. The normalized spacial score (nSPS) is 18.1. The van der Waals surface area contributed by atoms with Crippen molar-refractivity contribution in [1.29, 1.82) is 0 Å². The lowest BCUT2D eigenvalue weighted by atomic mass is 9.87. The number of aliphatic carboxylic acids is 1. The molecular formula is C23H26N2O6. The number of hydrogen-bond donors (Lipinski definition) is 4. The highest BCUT2D eigenvalue weighted by Crippen LogP contribution is 2.28. The molecule has 0 unspecified atom stereocenters. The molecule has 2 amide bonds. The van der Waals surface area contributed by atoms with Crippen molar-refractivity contribution in [2.75, 3.05) is 13.1 Å². The number of ether oxygens (including phenoxy) is 1. The first-order valence-corrected chi connectivity index (χ1v) is 10.3. The van der Waals surface area contributed by atoms with Gasteiger partial charge in [0.2, 0.25) is 0 Å². The van der Waals surface area contributed by atoms with E-state index in [0.717, 1.165) is 0 Å². The molecule has 2 aromatic carbocycles. The van der Waals surface area contributed by atoms with Crippen LogP contribution in [-0.2, 0) is 4.79 Å². The Morgan fingerprint density at radius 1 is 0.806 bits per heavy atom. The first-order valence-electron chi connectivity index (χ1n) is 10.3. The molecule has 0 saturated heterocycles. The molecule has 164 valence electrons. The van der Waals surface area contributed by atoms with Crippen molar-refractivity contribution in [3.8, 4) is 11.5 Å². The Bertz CT molecular complexity index is 903. The van der Waals surface area contributed by atoms with Crippen molar-refractivity contribution < 1.29 is 29.3 Å². The van der Waals surface area contributed by atoms with E-state index < -0.39 is 5.97 Å². The van der Waals surface area contributed by atoms with E-state index in [1.807, 2.05) is 0 Å². The summed E-state index contributed by atoms with van der Waals surface area (Å²) in [6.45, 7) is 0.541. The number of aromatic hydroxyl groups is 1. The lowest BCUT2D eigenvalue weighted by Crippen LogP contribution is -2.34. The van der Waals surface area contributed by atoms with Crippen molar-refractivity contribution in [2.45, 2.75) is 31.8 Å². The molecule has 0 aromatic heterocycles. The molecule has 1 aliphatic carbocycles. The van der Waals surface area contributed by atoms with E-state index in [-0.39, 0.29) is 42.7 Å². The smallest absolute Gasteiger partial charge is 0.306 e. The van der Waals surface area contributed by atoms with Gasteiger partial charge in [0.15, 0.2) is 0 Å². The molecule has 1 fully saturated rings. The number of phenols is 1. The average Bonchev–Trinajstić information content (AvgIpc) is 2.78. The first kappa shape index (κ1) is 22.1. The van der Waals surface area contributed by atoms with Crippen LogP contribution in [0.4, 0.5) is 0 Å². The molecule has 1 saturated carbocycles. The molecule has 0 spiro atoms. The zero-order valence-electron chi connectivity index (χ0n) is 17.0. The third-order valence-electron chi connectivity index (χ3n) is 5.27. The van der Waals surface area contributed by atoms with Crippen molar-refractivity contribution in [2.24, 2.45) is 5.92 Å². The number of carbonyl (C=O) groups is 3. The molecule has 4 N–H and O–H groups in total. The van der Waals surface area contributed by atoms with E-state index in [4.69, 9.17) is 9.84 Å². The lowest BCUT2D eigenvalue weighted by molar-refractivity contribution is -0.143. The minimum Gasteiger partial charge on any atom is -0.508 e. The number of carboxylic acids is 1. The highest BCUT2D eigenvalue weighted by molar-refractivity contribution is 5.95. The molecule has 0 heterocycles. The van der Waals surface area contributed by atoms with Crippen LogP contribution in [0.1, 0.15) is 46.4 Å². The largest absolute Gasteiger partial charge is 0.508 e. The number of rotatable bonds is 8. The number of nitrogens with one attached hydrogen (secondary N) is 2. The third kappa shape index (κ3) is 6.47. The van der Waals surface area contributed by atoms with Gasteiger partial charge in [0.05, 0.1) is 12.0 Å². The lowest BCUT2D eigenvalue weighted by Gasteiger charge is -2.26. The van der Waals surface area contributed by atoms with Crippen LogP contribution in [-0.4, -0.2) is 47.2 Å². The number of phenolic OH excluding ortho intramolecular Hbond substituents is 1. The van der Waals surface area contributed by atoms with Gasteiger partial charge < -0.3 is 25.6 Å². The van der Waals surface area contributed by atoms with Crippen LogP contribution in [0, 0.1) is 5.92 Å². The summed E-state index contributed by atoms with van der Waals surface area (Å²) in [4.78, 5) is 35.2. The van der Waals surface area contributed by atoms with E-state index in [2.05, 4.69) is 10.6 Å². The molecule has 0 aliphatic heterocycles. The van der Waals surface area contributed by atoms with Gasteiger partial charge >= 0.3 is 5.97 Å². The molecule has 2 aromatic rings. The molecular weight excluding hydrogens is 400 g/mol. The second-order valence-electron chi connectivity index (χ2n) is 7.51. The van der Waals surface area contributed by atoms with Crippen LogP contribution < -0.4 is 15.4 Å². The molecule has 0 bridgehead atoms. The highest BCUT2D eigenvalue weighted by Gasteiger charge is 2.26. The van der Waals surface area contributed by atoms with Crippen LogP contribution in [0.25, 0.3) is 0 Å². The number of carbonyl (C=O) groups excluding carboxylic acids is 2. The summed E-state index contributed by atoms with van der Waals surface area (Å²) in [5.41, 5.74) is 0.906. The predicted octanol–water partition coefficient (Wildman–Crippen LogP) is 2.57. The zero-order valence-corrected chi connectivity index (χ0v) is 17.0. The summed E-state index contributed by atoms with van der Waals surface area (Å²) in [7, 11) is 0. The fourth-order valence-corrected chi connectivity index (χ4v) is 3.47. The molecule has 3 rings (SSSR count). The van der Waals surface area contributed by atoms with Gasteiger partial charge in [-0.1, -0.05) is 0 Å². The van der Waals surface area contributed by atoms with Crippen LogP contribution >= 0.6 is 0 Å². The van der Waals surface area contributed by atoms with Gasteiger partial charge in [-0.25, -0.2) is 0 Å². The second-order valence-corrected chi connectivity index (χ2v) is 7.51. The number of carboxylic acid groups (broad SMARTS) is 1. The first-order chi connectivity index (χ1) is 14.9. The van der Waals surface area contributed by atoms with E-state index in [1.165, 1.54) is 24.3 Å². The number of hydrogen-bond acceptors (Lipinski definition) is 5. The summed E-state index contributed by atoms with van der Waals surface area (Å²) in [5, 5.41) is 23.7. The van der Waals surface area contributed by atoms with E-state index in [1.54, 1.807) is 24.3 Å². The maximum atomic E-state index is 12.3. The van der Waals surface area contributed by atoms with Crippen LogP contribution in [0.2, 0.25) is 0 Å². The summed E-state index contributed by atoms with van der Waals surface area (Å²) >= 11 is 0. The Morgan fingerprint density at radius 3 is 1.77 bits per heavy atom. The summed E-state index contributed by atoms with van der Waals surface area (Å²) in [6.07, 6.45) is 2.63. The fourth-order valence-electron chi connectivity index (χ4n) is 3.47. The van der Waals surface area contributed by atoms with Gasteiger partial charge in [-0.3, -0.25) is 14.4 Å². The third-order valence-corrected chi connectivity index (χ3v) is 5.27. The van der Waals surface area contributed by atoms with Crippen LogP contribution in [0.15, 0.2) is 48.5 Å². The Labute approximate surface area is 180 Å². The molecule has 8 nitrogen and oxygen atoms in total. The molecule has 8 heteroatoms. The minimum absolute atomic E-state index is 0.00697. The SMILES string of the molecule is O=C(NCCNC(=O)c1ccc(OC2CCC(C(=O)O)CC2)cc1)c1ccc(O)cc1. The maximum absolute atomic E-state index is 12.3. The summed E-state index contributed by atoms with van der Waals surface area (Å²) in [5.74, 6) is -0.826. The monoisotopic (exact) mass is 426 g/mol. The zero-order chi connectivity index (χ0) is 22.2. The Morgan fingerprint density at radius 2 is 1.29 bits per heavy atom. The van der Waals surface area contributed by atoms with Crippen molar-refractivity contribution in [3.63, 3.8) is 0 Å². The van der Waals surface area contributed by atoms with Gasteiger partial charge in [0.1, 0.15) is 11.5 Å². The topological polar surface area (TPSA) is 125 Å². The standard InChI is InChI=1S/C23H26N2O6/c26-18-7-1-15(2-8-18)21(27)24-13-14-25-22(28)16-3-9-19(10-4-16)31-20-11-5-17(6-12-20)23(29)30/h1-4,7-10,17,20,26H,5-6,11-14H2,(H,24,27)(H,25,28)(H,29,30). The maximum Gasteiger partial charge on any atom is 0.306 e. The summed E-state index contributed by atoms with van der Waals surface area (Å²) < 4.78 is 5.90. The second kappa shape index (κ2) is 10.5. The van der Waals surface area contributed by atoms with E-state index in [0.29, 0.717) is 42.6 Å². The number of amides is 2. The Hall–Kier alpha value is -3.55. The highest BCUT2D eigenvalue weighted by atomic mass is 16.5. The molecule has 0 radical (unpaired) electrons. The average molecular weight is 426 g/mol. The molecule has 1 aliphatic rings. The van der Waals surface area contributed by atoms with E-state index >= 15 is 0 Å². The van der Waals surface area contributed by atoms with Gasteiger partial charge in [-0.15, -0.1) is 0 Å². The Kier molecular flexibility index (Phi) is 7.48. The van der Waals surface area contributed by atoms with Gasteiger partial charge in [-0.05, 0) is 74.2 Å². The van der Waals surface area contributed by atoms with Crippen molar-refractivity contribution in [1.82, 2.24) is 10.6 Å². The van der Waals surface area contributed by atoms with Crippen molar-refractivity contribution in [3.05, 3.63) is 59.7 Å². The van der Waals surface area contributed by atoms with Crippen LogP contribution in [0.3, 0.4) is 0 Å². The molecule has 0 atom stereocenters. The quantitative estimate of drug-likeness (QED) is 0.481. The summed E-state index contributed by atoms with van der Waals surface area (Å²) in [6, 6.07) is 12.7. The number of benzene rings is 2.